The molecular formula is C20H18ClN5O4S2. The summed E-state index contributed by atoms with van der Waals surface area (Å²) in [5.41, 5.74) is 1.69. The molecule has 0 aliphatic carbocycles. The Balaban J connectivity index is 1.59. The molecule has 0 aliphatic heterocycles. The Morgan fingerprint density at radius 1 is 0.969 bits per heavy atom. The lowest BCUT2D eigenvalue weighted by atomic mass is 10.2. The summed E-state index contributed by atoms with van der Waals surface area (Å²) < 4.78 is 32.2. The largest absolute Gasteiger partial charge is 0.462 e. The van der Waals surface area contributed by atoms with E-state index < -0.39 is 16.0 Å². The Bertz CT molecular complexity index is 1200. The highest BCUT2D eigenvalue weighted by Gasteiger charge is 2.15. The molecule has 12 heteroatoms. The summed E-state index contributed by atoms with van der Waals surface area (Å²) in [6.07, 6.45) is 0. The van der Waals surface area contributed by atoms with Gasteiger partial charge in [-0.1, -0.05) is 11.6 Å². The van der Waals surface area contributed by atoms with Gasteiger partial charge in [0.25, 0.3) is 10.0 Å². The molecule has 0 unspecified atom stereocenters. The van der Waals surface area contributed by atoms with Crippen molar-refractivity contribution in [2.24, 2.45) is 0 Å². The number of carbonyl (C=O) groups is 1. The van der Waals surface area contributed by atoms with Crippen LogP contribution in [-0.2, 0) is 14.8 Å². The van der Waals surface area contributed by atoms with Crippen LogP contribution in [0.15, 0.2) is 65.6 Å². The van der Waals surface area contributed by atoms with Gasteiger partial charge in [0.2, 0.25) is 0 Å². The topological polar surface area (TPSA) is 122 Å². The maximum Gasteiger partial charge on any atom is 0.338 e. The smallest absolute Gasteiger partial charge is 0.338 e. The van der Waals surface area contributed by atoms with Crippen molar-refractivity contribution in [1.29, 1.82) is 0 Å². The number of carbonyl (C=O) groups excluding carboxylic acids is 1. The van der Waals surface area contributed by atoms with Crippen molar-refractivity contribution in [2.45, 2.75) is 11.8 Å². The number of nitrogens with zero attached hydrogens (tertiary/aromatic N) is 2. The summed E-state index contributed by atoms with van der Waals surface area (Å²) in [5, 5.41) is 13.7. The van der Waals surface area contributed by atoms with E-state index in [0.29, 0.717) is 28.7 Å². The number of hydrogen-bond acceptors (Lipinski definition) is 7. The van der Waals surface area contributed by atoms with Crippen molar-refractivity contribution in [3.63, 3.8) is 0 Å². The predicted octanol–water partition coefficient (Wildman–Crippen LogP) is 3.92. The molecule has 0 saturated heterocycles. The second-order valence-electron chi connectivity index (χ2n) is 6.25. The summed E-state index contributed by atoms with van der Waals surface area (Å²) in [7, 11) is -3.84. The molecule has 1 aromatic heterocycles. The third kappa shape index (κ3) is 6.36. The van der Waals surface area contributed by atoms with Gasteiger partial charge in [-0.3, -0.25) is 4.72 Å². The maximum absolute atomic E-state index is 12.5. The van der Waals surface area contributed by atoms with Crippen molar-refractivity contribution < 1.29 is 17.9 Å². The fraction of sp³-hybridized carbons (Fsp3) is 0.100. The number of hydrogen-bond donors (Lipinski definition) is 3. The minimum Gasteiger partial charge on any atom is -0.462 e. The van der Waals surface area contributed by atoms with Gasteiger partial charge < -0.3 is 15.4 Å². The van der Waals surface area contributed by atoms with Gasteiger partial charge in [0.15, 0.2) is 16.1 Å². The number of halogens is 1. The van der Waals surface area contributed by atoms with E-state index in [1.807, 2.05) is 0 Å². The van der Waals surface area contributed by atoms with Crippen LogP contribution in [0.1, 0.15) is 17.3 Å². The number of rotatable bonds is 7. The van der Waals surface area contributed by atoms with Crippen molar-refractivity contribution in [1.82, 2.24) is 10.2 Å². The molecule has 3 N–H and O–H groups in total. The van der Waals surface area contributed by atoms with E-state index in [2.05, 4.69) is 25.6 Å². The highest BCUT2D eigenvalue weighted by molar-refractivity contribution is 7.92. The number of esters is 1. The van der Waals surface area contributed by atoms with Gasteiger partial charge in [-0.15, -0.1) is 10.2 Å². The molecule has 9 nitrogen and oxygen atoms in total. The van der Waals surface area contributed by atoms with Gasteiger partial charge in [-0.25, -0.2) is 13.2 Å². The number of ether oxygens (including phenoxy) is 1. The maximum atomic E-state index is 12.5. The average Bonchev–Trinajstić information content (AvgIpc) is 2.76. The van der Waals surface area contributed by atoms with Crippen LogP contribution in [0.4, 0.5) is 17.2 Å². The summed E-state index contributed by atoms with van der Waals surface area (Å²) >= 11 is 10.9. The quantitative estimate of drug-likeness (QED) is 0.333. The van der Waals surface area contributed by atoms with Gasteiger partial charge in [-0.05, 0) is 79.8 Å². The molecule has 0 aliphatic rings. The predicted molar refractivity (Wildman–Crippen MR) is 127 cm³/mol. The van der Waals surface area contributed by atoms with Crippen LogP contribution in [0.5, 0.6) is 0 Å². The standard InChI is InChI=1S/C20H18ClN5O4S2/c1-2-30-19(27)13-3-5-14(6-4-13)22-20(31)23-15-7-9-16(10-8-15)32(28,29)26-18-12-11-17(21)24-25-18/h3-12H,2H2,1H3,(H,25,26)(H2,22,23,31). The molecule has 1 heterocycles. The molecule has 0 bridgehead atoms. The fourth-order valence-electron chi connectivity index (χ4n) is 2.48. The van der Waals surface area contributed by atoms with Crippen LogP contribution in [0.3, 0.4) is 0 Å². The van der Waals surface area contributed by atoms with E-state index >= 15 is 0 Å². The minimum absolute atomic E-state index is 0.0354. The van der Waals surface area contributed by atoms with E-state index in [-0.39, 0.29) is 15.9 Å². The van der Waals surface area contributed by atoms with Gasteiger partial charge >= 0.3 is 5.97 Å². The molecular weight excluding hydrogens is 474 g/mol. The molecule has 3 aromatic rings. The van der Waals surface area contributed by atoms with E-state index in [1.165, 1.54) is 24.3 Å². The van der Waals surface area contributed by atoms with E-state index in [1.54, 1.807) is 43.3 Å². The zero-order chi connectivity index (χ0) is 23.1. The van der Waals surface area contributed by atoms with Gasteiger partial charge in [0.05, 0.1) is 17.1 Å². The van der Waals surface area contributed by atoms with E-state index in [0.717, 1.165) is 0 Å². The molecule has 0 radical (unpaired) electrons. The Morgan fingerprint density at radius 2 is 1.56 bits per heavy atom. The average molecular weight is 492 g/mol. The zero-order valence-corrected chi connectivity index (χ0v) is 19.1. The molecule has 166 valence electrons. The number of sulfonamides is 1. The van der Waals surface area contributed by atoms with Crippen LogP contribution in [-0.4, -0.2) is 36.3 Å². The summed E-state index contributed by atoms with van der Waals surface area (Å²) in [6.45, 7) is 2.04. The van der Waals surface area contributed by atoms with E-state index in [9.17, 15) is 13.2 Å². The first-order valence-corrected chi connectivity index (χ1v) is 11.5. The zero-order valence-electron chi connectivity index (χ0n) is 16.7. The van der Waals surface area contributed by atoms with Crippen molar-refractivity contribution in [3.8, 4) is 0 Å². The molecule has 0 atom stereocenters. The van der Waals surface area contributed by atoms with Gasteiger partial charge in [0.1, 0.15) is 0 Å². The lowest BCUT2D eigenvalue weighted by molar-refractivity contribution is 0.0526. The molecule has 3 rings (SSSR count). The lowest BCUT2D eigenvalue weighted by Gasteiger charge is -2.12. The number of nitrogens with one attached hydrogen (secondary N) is 3. The van der Waals surface area contributed by atoms with Gasteiger partial charge in [-0.2, -0.15) is 0 Å². The van der Waals surface area contributed by atoms with Crippen LogP contribution >= 0.6 is 23.8 Å². The Hall–Kier alpha value is -3.28. The summed E-state index contributed by atoms with van der Waals surface area (Å²) in [5.74, 6) is -0.344. The highest BCUT2D eigenvalue weighted by Crippen LogP contribution is 2.18. The second-order valence-corrected chi connectivity index (χ2v) is 8.73. The molecule has 2 aromatic carbocycles. The van der Waals surface area contributed by atoms with E-state index in [4.69, 9.17) is 28.6 Å². The Labute approximate surface area is 195 Å². The normalized spacial score (nSPS) is 10.8. The van der Waals surface area contributed by atoms with Crippen LogP contribution < -0.4 is 15.4 Å². The molecule has 0 amide bonds. The molecule has 0 spiro atoms. The van der Waals surface area contributed by atoms with Crippen molar-refractivity contribution in [3.05, 3.63) is 71.4 Å². The first kappa shape index (κ1) is 23.4. The SMILES string of the molecule is CCOC(=O)c1ccc(NC(=S)Nc2ccc(S(=O)(=O)Nc3ccc(Cl)nn3)cc2)cc1. The molecule has 32 heavy (non-hydrogen) atoms. The number of thiocarbonyl (C=S) groups is 1. The fourth-order valence-corrected chi connectivity index (χ4v) is 3.81. The number of benzene rings is 2. The van der Waals surface area contributed by atoms with Crippen LogP contribution in [0.25, 0.3) is 0 Å². The monoisotopic (exact) mass is 491 g/mol. The third-order valence-corrected chi connectivity index (χ3v) is 5.72. The number of aromatic nitrogens is 2. The van der Waals surface area contributed by atoms with Crippen LogP contribution in [0, 0.1) is 0 Å². The minimum atomic E-state index is -3.84. The molecule has 0 fully saturated rings. The Morgan fingerprint density at radius 3 is 2.09 bits per heavy atom. The highest BCUT2D eigenvalue weighted by atomic mass is 35.5. The van der Waals surface area contributed by atoms with Gasteiger partial charge in [0, 0.05) is 11.4 Å². The number of anilines is 3. The second kappa shape index (κ2) is 10.4. The van der Waals surface area contributed by atoms with Crippen LogP contribution in [0.2, 0.25) is 5.15 Å². The van der Waals surface area contributed by atoms with Crippen molar-refractivity contribution >= 4 is 62.1 Å². The first-order valence-electron chi connectivity index (χ1n) is 9.24. The molecule has 0 saturated carbocycles. The lowest BCUT2D eigenvalue weighted by Crippen LogP contribution is -2.19. The first-order chi connectivity index (χ1) is 15.3. The Kier molecular flexibility index (Phi) is 7.57. The summed E-state index contributed by atoms with van der Waals surface area (Å²) in [6, 6.07) is 15.5. The summed E-state index contributed by atoms with van der Waals surface area (Å²) in [4.78, 5) is 11.7. The third-order valence-electron chi connectivity index (χ3n) is 3.95. The van der Waals surface area contributed by atoms with Crippen molar-refractivity contribution in [2.75, 3.05) is 22.0 Å².